The first-order valence-electron chi connectivity index (χ1n) is 7.84. The molecule has 4 heteroatoms. The van der Waals surface area contributed by atoms with Crippen LogP contribution in [0, 0.1) is 17.6 Å². The predicted molar refractivity (Wildman–Crippen MR) is 90.9 cm³/mol. The quantitative estimate of drug-likeness (QED) is 0.387. The van der Waals surface area contributed by atoms with E-state index in [1.165, 1.54) is 35.2 Å². The minimum Gasteiger partial charge on any atom is -1.00 e. The van der Waals surface area contributed by atoms with Crippen molar-refractivity contribution < 1.29 is 51.0 Å². The van der Waals surface area contributed by atoms with Gasteiger partial charge >= 0.3 is 26.2 Å². The fourth-order valence-corrected chi connectivity index (χ4v) is 6.20. The van der Waals surface area contributed by atoms with Crippen LogP contribution >= 0.6 is 0 Å². The van der Waals surface area contributed by atoms with Gasteiger partial charge in [-0.15, -0.1) is 13.3 Å². The second kappa shape index (κ2) is 9.95. The van der Waals surface area contributed by atoms with E-state index in [0.717, 1.165) is 6.42 Å². The van der Waals surface area contributed by atoms with Gasteiger partial charge in [0.1, 0.15) is 0 Å². The van der Waals surface area contributed by atoms with Crippen molar-refractivity contribution >= 4 is 8.07 Å². The fraction of sp³-hybridized carbons (Fsp3) is 0.579. The first-order valence-corrected chi connectivity index (χ1v) is 10.8. The van der Waals surface area contributed by atoms with E-state index < -0.39 is 8.07 Å². The Bertz CT molecular complexity index is 523. The molecule has 0 bridgehead atoms. The largest absolute Gasteiger partial charge is 4.00 e. The number of hydrogen-bond donors (Lipinski definition) is 0. The Balaban J connectivity index is 0. The predicted octanol–water partition coefficient (Wildman–Crippen LogP) is -0.185. The van der Waals surface area contributed by atoms with Crippen LogP contribution in [0.1, 0.15) is 47.5 Å². The van der Waals surface area contributed by atoms with Gasteiger partial charge in [0.25, 0.3) is 0 Å². The molecule has 0 atom stereocenters. The van der Waals surface area contributed by atoms with Crippen molar-refractivity contribution in [2.75, 3.05) is 0 Å². The third kappa shape index (κ3) is 5.84. The van der Waals surface area contributed by atoms with Crippen LogP contribution in [0.5, 0.6) is 0 Å². The summed E-state index contributed by atoms with van der Waals surface area (Å²) in [5.41, 5.74) is 4.39. The zero-order valence-electron chi connectivity index (χ0n) is 15.2. The third-order valence-corrected chi connectivity index (χ3v) is 9.92. The van der Waals surface area contributed by atoms with Crippen LogP contribution in [0.2, 0.25) is 18.6 Å². The summed E-state index contributed by atoms with van der Waals surface area (Å²) in [5, 5.41) is 1.61. The average molecular weight is 447 g/mol. The van der Waals surface area contributed by atoms with Crippen LogP contribution in [0.15, 0.2) is 34.1 Å². The van der Waals surface area contributed by atoms with Crippen molar-refractivity contribution in [3.05, 3.63) is 46.2 Å². The van der Waals surface area contributed by atoms with Crippen molar-refractivity contribution in [2.45, 2.75) is 66.1 Å². The van der Waals surface area contributed by atoms with Gasteiger partial charge in [-0.1, -0.05) is 58.2 Å². The molecule has 0 radical (unpaired) electrons. The second-order valence-corrected chi connectivity index (χ2v) is 11.9. The van der Waals surface area contributed by atoms with Gasteiger partial charge in [0.2, 0.25) is 0 Å². The zero-order valence-corrected chi connectivity index (χ0v) is 20.2. The molecule has 1 saturated heterocycles. The van der Waals surface area contributed by atoms with Gasteiger partial charge in [-0.3, -0.25) is 12.2 Å². The van der Waals surface area contributed by atoms with Gasteiger partial charge < -0.3 is 24.8 Å². The molecule has 1 fully saturated rings. The molecule has 0 nitrogen and oxygen atoms in total. The van der Waals surface area contributed by atoms with E-state index in [-0.39, 0.29) is 56.4 Å². The molecular weight excluding hydrogens is 418 g/mol. The van der Waals surface area contributed by atoms with Crippen LogP contribution in [-0.4, -0.2) is 8.07 Å². The van der Waals surface area contributed by atoms with E-state index in [1.807, 2.05) is 0 Å². The Labute approximate surface area is 175 Å². The molecule has 1 aliphatic heterocycles. The van der Waals surface area contributed by atoms with Crippen molar-refractivity contribution in [2.24, 2.45) is 5.41 Å². The molecule has 0 aromatic carbocycles. The van der Waals surface area contributed by atoms with E-state index in [4.69, 9.17) is 0 Å². The number of rotatable bonds is 1. The molecule has 2 aliphatic carbocycles. The first-order chi connectivity index (χ1) is 9.26. The molecule has 0 N–H and O–H groups in total. The average Bonchev–Trinajstić information content (AvgIpc) is 2.93. The Hall–Kier alpha value is 0.640. The van der Waals surface area contributed by atoms with Crippen LogP contribution in [0.3, 0.4) is 0 Å². The van der Waals surface area contributed by atoms with Gasteiger partial charge in [-0.05, 0) is 0 Å². The second-order valence-electron chi connectivity index (χ2n) is 7.24. The Morgan fingerprint density at radius 2 is 1.65 bits per heavy atom. The fourth-order valence-electron chi connectivity index (χ4n) is 3.20. The normalized spacial score (nSPS) is 22.3. The number of halogens is 2. The maximum Gasteiger partial charge on any atom is 4.00 e. The van der Waals surface area contributed by atoms with E-state index in [9.17, 15) is 0 Å². The minimum atomic E-state index is -0.845. The van der Waals surface area contributed by atoms with Gasteiger partial charge in [0.15, 0.2) is 0 Å². The van der Waals surface area contributed by atoms with E-state index in [1.54, 1.807) is 5.20 Å². The standard InChI is InChI=1S/C10H15.C9H13Si.2ClH.Zr/c1-7-6-10(4,5)9(3)8(7)2;1-10(7-4-8-10)9-5-2-3-6-9;;;/h1-5H3;2,5H,3-4,7-8H2,1H3;2*1H;/q2*-1;;;+4/p-2. The summed E-state index contributed by atoms with van der Waals surface area (Å²) in [4.78, 5) is 0. The molecule has 3 aliphatic rings. The molecule has 0 amide bonds. The summed E-state index contributed by atoms with van der Waals surface area (Å²) < 4.78 is 0. The Morgan fingerprint density at radius 3 is 1.87 bits per heavy atom. The summed E-state index contributed by atoms with van der Waals surface area (Å²) in [6.07, 6.45) is 14.0. The van der Waals surface area contributed by atoms with Crippen LogP contribution in [0.4, 0.5) is 0 Å². The van der Waals surface area contributed by atoms with Crippen molar-refractivity contribution in [3.63, 3.8) is 0 Å². The van der Waals surface area contributed by atoms with Crippen LogP contribution in [-0.2, 0) is 26.2 Å². The number of allylic oxidation sites excluding steroid dienone is 8. The molecular formula is C19H28Cl2SiZr. The molecule has 1 heterocycles. The summed E-state index contributed by atoms with van der Waals surface area (Å²) in [6.45, 7) is 13.4. The summed E-state index contributed by atoms with van der Waals surface area (Å²) >= 11 is 0. The first kappa shape index (κ1) is 25.9. The molecule has 0 saturated carbocycles. The summed E-state index contributed by atoms with van der Waals surface area (Å²) in [6, 6.07) is 3.03. The van der Waals surface area contributed by atoms with E-state index in [2.05, 4.69) is 65.5 Å². The molecule has 0 aromatic rings. The van der Waals surface area contributed by atoms with Crippen LogP contribution < -0.4 is 24.8 Å². The summed E-state index contributed by atoms with van der Waals surface area (Å²) in [7, 11) is -0.845. The zero-order chi connectivity index (χ0) is 15.0. The van der Waals surface area contributed by atoms with E-state index in [0.29, 0.717) is 0 Å². The Kier molecular flexibility index (Phi) is 11.2. The molecule has 0 aromatic heterocycles. The third-order valence-electron chi connectivity index (χ3n) is 5.36. The van der Waals surface area contributed by atoms with Gasteiger partial charge in [-0.2, -0.15) is 17.2 Å². The number of hydrogen-bond acceptors (Lipinski definition) is 0. The molecule has 3 rings (SSSR count). The maximum absolute atomic E-state index is 3.47. The van der Waals surface area contributed by atoms with Gasteiger partial charge in [0, 0.05) is 8.07 Å². The van der Waals surface area contributed by atoms with Crippen molar-refractivity contribution in [1.82, 2.24) is 0 Å². The van der Waals surface area contributed by atoms with Crippen molar-refractivity contribution in [1.29, 1.82) is 0 Å². The molecule has 0 unspecified atom stereocenters. The minimum absolute atomic E-state index is 0. The molecule has 0 spiro atoms. The van der Waals surface area contributed by atoms with Gasteiger partial charge in [-0.25, -0.2) is 16.8 Å². The topological polar surface area (TPSA) is 0 Å². The van der Waals surface area contributed by atoms with E-state index >= 15 is 0 Å². The monoisotopic (exact) mass is 444 g/mol. The SMILES string of the molecule is CC1=[C-]C(C)(C)C(C)=C1C.C[Si]1(C2=[C-]CC=C2)CCC1.[Cl-].[Cl-].[Zr+4]. The van der Waals surface area contributed by atoms with Crippen molar-refractivity contribution in [3.8, 4) is 0 Å². The van der Waals surface area contributed by atoms with Crippen LogP contribution in [0.25, 0.3) is 0 Å². The maximum atomic E-state index is 3.47. The van der Waals surface area contributed by atoms with Gasteiger partial charge in [0.05, 0.1) is 0 Å². The molecule has 23 heavy (non-hydrogen) atoms. The smallest absolute Gasteiger partial charge is 1.00 e. The molecule has 126 valence electrons. The summed E-state index contributed by atoms with van der Waals surface area (Å²) in [5.74, 6) is 0. The Morgan fingerprint density at radius 1 is 1.09 bits per heavy atom.